The molecular formula is C18H24ClN3OS. The molecular weight excluding hydrogens is 342 g/mol. The molecule has 3 heterocycles. The maximum absolute atomic E-state index is 13.0. The van der Waals surface area contributed by atoms with Crippen molar-refractivity contribution in [3.8, 4) is 0 Å². The number of carbonyl (C=O) groups excluding carboxylic acids is 1. The number of amides is 1. The lowest BCUT2D eigenvalue weighted by molar-refractivity contribution is 0.0639. The fraction of sp³-hybridized carbons (Fsp3) is 0.444. The van der Waals surface area contributed by atoms with E-state index < -0.39 is 0 Å². The molecule has 1 aliphatic rings. The van der Waals surface area contributed by atoms with Crippen molar-refractivity contribution in [1.29, 1.82) is 0 Å². The zero-order valence-electron chi connectivity index (χ0n) is 14.1. The molecule has 1 aliphatic heterocycles. The van der Waals surface area contributed by atoms with E-state index in [-0.39, 0.29) is 24.4 Å². The molecule has 1 atom stereocenters. The van der Waals surface area contributed by atoms with Crippen LogP contribution in [0.5, 0.6) is 0 Å². The summed E-state index contributed by atoms with van der Waals surface area (Å²) in [5, 5.41) is 3.39. The van der Waals surface area contributed by atoms with E-state index in [1.807, 2.05) is 23.2 Å². The molecule has 0 spiro atoms. The number of halogens is 1. The molecule has 130 valence electrons. The van der Waals surface area contributed by atoms with Crippen molar-refractivity contribution in [3.05, 3.63) is 51.5 Å². The Morgan fingerprint density at radius 3 is 3.04 bits per heavy atom. The number of nitrogens with zero attached hydrogens (tertiary/aromatic N) is 2. The van der Waals surface area contributed by atoms with Gasteiger partial charge in [0, 0.05) is 36.9 Å². The van der Waals surface area contributed by atoms with Crippen LogP contribution in [0.2, 0.25) is 0 Å². The van der Waals surface area contributed by atoms with Crippen LogP contribution in [0.3, 0.4) is 0 Å². The summed E-state index contributed by atoms with van der Waals surface area (Å²) in [5.74, 6) is 0.149. The SMILES string of the molecule is CCCc1cc(C(=O)N2CCNCC2c2cccnc2)sc1C.Cl. The first-order valence-corrected chi connectivity index (χ1v) is 9.03. The third-order valence-corrected chi connectivity index (χ3v) is 5.40. The minimum atomic E-state index is 0. The standard InChI is InChI=1S/C18H23N3OS.ClH/c1-3-5-14-10-17(23-13(14)2)18(22)21-9-8-20-12-16(21)15-6-4-7-19-11-15;/h4,6-7,10-11,16,20H,3,5,8-9,12H2,1-2H3;1H. The average molecular weight is 366 g/mol. The smallest absolute Gasteiger partial charge is 0.264 e. The Balaban J connectivity index is 0.00000208. The van der Waals surface area contributed by atoms with Gasteiger partial charge in [0.2, 0.25) is 0 Å². The normalized spacial score (nSPS) is 17.4. The van der Waals surface area contributed by atoms with Crippen molar-refractivity contribution in [2.45, 2.75) is 32.7 Å². The number of thiophene rings is 1. The maximum atomic E-state index is 13.0. The zero-order valence-corrected chi connectivity index (χ0v) is 15.8. The predicted octanol–water partition coefficient (Wildman–Crippen LogP) is 3.61. The van der Waals surface area contributed by atoms with Crippen LogP contribution in [-0.2, 0) is 6.42 Å². The minimum absolute atomic E-state index is 0. The molecule has 2 aromatic heterocycles. The van der Waals surface area contributed by atoms with E-state index >= 15 is 0 Å². The Kier molecular flexibility index (Phi) is 6.78. The van der Waals surface area contributed by atoms with Gasteiger partial charge in [-0.15, -0.1) is 23.7 Å². The summed E-state index contributed by atoms with van der Waals surface area (Å²) in [5.41, 5.74) is 2.41. The number of carbonyl (C=O) groups is 1. The van der Waals surface area contributed by atoms with Crippen LogP contribution in [0.15, 0.2) is 30.6 Å². The highest BCUT2D eigenvalue weighted by Gasteiger charge is 2.29. The number of nitrogens with one attached hydrogen (secondary N) is 1. The Bertz CT molecular complexity index is 674. The molecule has 4 nitrogen and oxygen atoms in total. The molecule has 3 rings (SSSR count). The van der Waals surface area contributed by atoms with Crippen molar-refractivity contribution in [1.82, 2.24) is 15.2 Å². The van der Waals surface area contributed by atoms with E-state index in [1.54, 1.807) is 17.5 Å². The molecule has 0 bridgehead atoms. The van der Waals surface area contributed by atoms with Crippen LogP contribution < -0.4 is 5.32 Å². The highest BCUT2D eigenvalue weighted by atomic mass is 35.5. The summed E-state index contributed by atoms with van der Waals surface area (Å²) >= 11 is 1.63. The van der Waals surface area contributed by atoms with E-state index in [1.165, 1.54) is 10.4 Å². The molecule has 1 amide bonds. The minimum Gasteiger partial charge on any atom is -0.328 e. The second-order valence-electron chi connectivity index (χ2n) is 5.95. The van der Waals surface area contributed by atoms with Gasteiger partial charge < -0.3 is 10.2 Å². The van der Waals surface area contributed by atoms with Crippen molar-refractivity contribution in [2.75, 3.05) is 19.6 Å². The van der Waals surface area contributed by atoms with Crippen molar-refractivity contribution < 1.29 is 4.79 Å². The monoisotopic (exact) mass is 365 g/mol. The van der Waals surface area contributed by atoms with E-state index in [4.69, 9.17) is 0 Å². The first-order chi connectivity index (χ1) is 11.2. The number of hydrogen-bond acceptors (Lipinski definition) is 4. The summed E-state index contributed by atoms with van der Waals surface area (Å²) in [4.78, 5) is 21.4. The summed E-state index contributed by atoms with van der Waals surface area (Å²) < 4.78 is 0. The molecule has 24 heavy (non-hydrogen) atoms. The van der Waals surface area contributed by atoms with Gasteiger partial charge in [0.15, 0.2) is 0 Å². The van der Waals surface area contributed by atoms with Crippen molar-refractivity contribution >= 4 is 29.7 Å². The molecule has 0 radical (unpaired) electrons. The van der Waals surface area contributed by atoms with Gasteiger partial charge in [0.05, 0.1) is 10.9 Å². The third kappa shape index (κ3) is 3.97. The van der Waals surface area contributed by atoms with Crippen LogP contribution in [0, 0.1) is 6.92 Å². The Morgan fingerprint density at radius 2 is 2.33 bits per heavy atom. The van der Waals surface area contributed by atoms with Crippen molar-refractivity contribution in [2.24, 2.45) is 0 Å². The van der Waals surface area contributed by atoms with Gasteiger partial charge in [0.1, 0.15) is 0 Å². The van der Waals surface area contributed by atoms with Crippen molar-refractivity contribution in [3.63, 3.8) is 0 Å². The second-order valence-corrected chi connectivity index (χ2v) is 7.20. The van der Waals surface area contributed by atoms with Crippen LogP contribution in [-0.4, -0.2) is 35.4 Å². The summed E-state index contributed by atoms with van der Waals surface area (Å²) in [7, 11) is 0. The maximum Gasteiger partial charge on any atom is 0.264 e. The first kappa shape index (κ1) is 18.9. The van der Waals surface area contributed by atoms with Gasteiger partial charge in [-0.2, -0.15) is 0 Å². The second kappa shape index (κ2) is 8.60. The third-order valence-electron chi connectivity index (χ3n) is 4.32. The predicted molar refractivity (Wildman–Crippen MR) is 101 cm³/mol. The highest BCUT2D eigenvalue weighted by molar-refractivity contribution is 7.14. The molecule has 0 saturated carbocycles. The molecule has 6 heteroatoms. The van der Waals surface area contributed by atoms with E-state index in [0.29, 0.717) is 0 Å². The molecule has 0 aliphatic carbocycles. The number of aromatic nitrogens is 1. The van der Waals surface area contributed by atoms with Crippen LogP contribution in [0.25, 0.3) is 0 Å². The molecule has 1 unspecified atom stereocenters. The average Bonchev–Trinajstić information content (AvgIpc) is 2.96. The fourth-order valence-electron chi connectivity index (χ4n) is 3.10. The van der Waals surface area contributed by atoms with Crippen LogP contribution in [0.4, 0.5) is 0 Å². The number of rotatable bonds is 4. The van der Waals surface area contributed by atoms with E-state index in [2.05, 4.69) is 30.2 Å². The lowest BCUT2D eigenvalue weighted by Crippen LogP contribution is -2.48. The van der Waals surface area contributed by atoms with Gasteiger partial charge in [-0.25, -0.2) is 0 Å². The van der Waals surface area contributed by atoms with Gasteiger partial charge in [-0.05, 0) is 36.6 Å². The largest absolute Gasteiger partial charge is 0.328 e. The lowest BCUT2D eigenvalue weighted by atomic mass is 10.0. The summed E-state index contributed by atoms with van der Waals surface area (Å²) in [6, 6.07) is 6.13. The van der Waals surface area contributed by atoms with Gasteiger partial charge in [-0.1, -0.05) is 19.4 Å². The van der Waals surface area contributed by atoms with E-state index in [0.717, 1.165) is 42.9 Å². The Morgan fingerprint density at radius 1 is 1.50 bits per heavy atom. The summed E-state index contributed by atoms with van der Waals surface area (Å²) in [6.45, 7) is 6.65. The molecule has 1 N–H and O–H groups in total. The van der Waals surface area contributed by atoms with Gasteiger partial charge in [0.25, 0.3) is 5.91 Å². The van der Waals surface area contributed by atoms with Gasteiger partial charge in [-0.3, -0.25) is 9.78 Å². The molecule has 0 aromatic carbocycles. The number of aryl methyl sites for hydroxylation is 2. The highest BCUT2D eigenvalue weighted by Crippen LogP contribution is 2.28. The fourth-order valence-corrected chi connectivity index (χ4v) is 4.13. The zero-order chi connectivity index (χ0) is 16.2. The first-order valence-electron chi connectivity index (χ1n) is 8.21. The summed E-state index contributed by atoms with van der Waals surface area (Å²) in [6.07, 6.45) is 5.78. The number of piperazine rings is 1. The van der Waals surface area contributed by atoms with Gasteiger partial charge >= 0.3 is 0 Å². The van der Waals surface area contributed by atoms with E-state index in [9.17, 15) is 4.79 Å². The topological polar surface area (TPSA) is 45.2 Å². The Hall–Kier alpha value is -1.43. The Labute approximate surface area is 153 Å². The molecule has 1 fully saturated rings. The number of hydrogen-bond donors (Lipinski definition) is 1. The number of pyridine rings is 1. The van der Waals surface area contributed by atoms with Crippen LogP contribution >= 0.6 is 23.7 Å². The van der Waals surface area contributed by atoms with Crippen LogP contribution in [0.1, 0.15) is 45.1 Å². The quantitative estimate of drug-likeness (QED) is 0.900. The lowest BCUT2D eigenvalue weighted by Gasteiger charge is -2.36. The molecule has 2 aromatic rings. The molecule has 1 saturated heterocycles.